The molecule has 3 aromatic rings. The van der Waals surface area contributed by atoms with Crippen LogP contribution in [0.2, 0.25) is 0 Å². The van der Waals surface area contributed by atoms with Crippen LogP contribution in [0, 0.1) is 0 Å². The molecule has 1 aliphatic rings. The van der Waals surface area contributed by atoms with Crippen LogP contribution in [0.3, 0.4) is 0 Å². The highest BCUT2D eigenvalue weighted by Gasteiger charge is 2.24. The summed E-state index contributed by atoms with van der Waals surface area (Å²) >= 11 is 0. The predicted molar refractivity (Wildman–Crippen MR) is 108 cm³/mol. The Morgan fingerprint density at radius 2 is 1.90 bits per heavy atom. The first-order valence-corrected chi connectivity index (χ1v) is 10.7. The number of rotatable bonds is 4. The lowest BCUT2D eigenvalue weighted by Gasteiger charge is -2.33. The van der Waals surface area contributed by atoms with E-state index < -0.39 is 21.5 Å². The van der Waals surface area contributed by atoms with Crippen molar-refractivity contribution in [2.24, 2.45) is 0 Å². The van der Waals surface area contributed by atoms with E-state index in [4.69, 9.17) is 0 Å². The molecule has 3 N–H and O–H groups in total. The van der Waals surface area contributed by atoms with E-state index in [1.165, 1.54) is 29.3 Å². The summed E-state index contributed by atoms with van der Waals surface area (Å²) in [4.78, 5) is 40.1. The minimum absolute atomic E-state index is 0.190. The Kier molecular flexibility index (Phi) is 4.80. The van der Waals surface area contributed by atoms with E-state index in [1.54, 1.807) is 12.1 Å². The quantitative estimate of drug-likeness (QED) is 0.541. The van der Waals surface area contributed by atoms with Crippen molar-refractivity contribution in [1.82, 2.24) is 24.2 Å². The fourth-order valence-corrected chi connectivity index (χ4v) is 4.07. The molecular weight excluding hydrogens is 398 g/mol. The number of amides is 1. The van der Waals surface area contributed by atoms with Crippen LogP contribution in [0.25, 0.3) is 11.0 Å². The largest absolute Gasteiger partial charge is 0.354 e. The van der Waals surface area contributed by atoms with Gasteiger partial charge in [0, 0.05) is 32.4 Å². The van der Waals surface area contributed by atoms with Crippen LogP contribution in [-0.4, -0.2) is 71.0 Å². The number of aromatic amines is 2. The molecule has 0 spiro atoms. The molecule has 3 aromatic heterocycles. The number of carbonyl (C=O) groups is 1. The summed E-state index contributed by atoms with van der Waals surface area (Å²) in [7, 11) is -3.18. The lowest BCUT2D eigenvalue weighted by molar-refractivity contribution is 0.102. The molecule has 0 atom stereocenters. The van der Waals surface area contributed by atoms with Crippen molar-refractivity contribution in [3.05, 3.63) is 46.8 Å². The molecule has 1 fully saturated rings. The normalized spacial score (nSPS) is 15.6. The third-order valence-corrected chi connectivity index (χ3v) is 6.06. The molecule has 1 saturated heterocycles. The molecule has 0 aliphatic carbocycles. The van der Waals surface area contributed by atoms with Gasteiger partial charge in [0.05, 0.1) is 35.4 Å². The Balaban J connectivity index is 1.45. The highest BCUT2D eigenvalue weighted by Crippen LogP contribution is 2.18. The van der Waals surface area contributed by atoms with Gasteiger partial charge in [-0.3, -0.25) is 9.59 Å². The van der Waals surface area contributed by atoms with Crippen molar-refractivity contribution in [1.29, 1.82) is 0 Å². The number of nitrogens with zero attached hydrogens (tertiary/aromatic N) is 4. The van der Waals surface area contributed by atoms with E-state index in [2.05, 4.69) is 25.3 Å². The first-order valence-electron chi connectivity index (χ1n) is 8.85. The summed E-state index contributed by atoms with van der Waals surface area (Å²) in [6, 6.07) is 3.47. The highest BCUT2D eigenvalue weighted by molar-refractivity contribution is 7.88. The number of sulfonamides is 1. The topological polar surface area (TPSA) is 144 Å². The number of pyridine rings is 1. The van der Waals surface area contributed by atoms with Gasteiger partial charge < -0.3 is 20.2 Å². The number of nitrogens with one attached hydrogen (secondary N) is 3. The van der Waals surface area contributed by atoms with Gasteiger partial charge in [-0.1, -0.05) is 0 Å². The first kappa shape index (κ1) is 19.1. The van der Waals surface area contributed by atoms with Gasteiger partial charge in [0.15, 0.2) is 0 Å². The summed E-state index contributed by atoms with van der Waals surface area (Å²) in [6.07, 6.45) is 5.43. The van der Waals surface area contributed by atoms with Crippen molar-refractivity contribution in [3.8, 4) is 0 Å². The third-order valence-electron chi connectivity index (χ3n) is 4.76. The summed E-state index contributed by atoms with van der Waals surface area (Å²) < 4.78 is 24.6. The maximum atomic E-state index is 12.5. The van der Waals surface area contributed by atoms with Crippen LogP contribution < -0.4 is 15.8 Å². The fraction of sp³-hybridized carbons (Fsp3) is 0.294. The molecule has 0 bridgehead atoms. The van der Waals surface area contributed by atoms with Gasteiger partial charge in [-0.15, -0.1) is 0 Å². The second kappa shape index (κ2) is 7.29. The number of hydrogen-bond acceptors (Lipinski definition) is 7. The van der Waals surface area contributed by atoms with Gasteiger partial charge in [-0.05, 0) is 12.1 Å². The lowest BCUT2D eigenvalue weighted by atomic mass is 10.2. The van der Waals surface area contributed by atoms with Crippen molar-refractivity contribution < 1.29 is 13.2 Å². The Bertz CT molecular complexity index is 1210. The molecule has 11 nitrogen and oxygen atoms in total. The van der Waals surface area contributed by atoms with Gasteiger partial charge in [-0.25, -0.2) is 18.4 Å². The zero-order valence-corrected chi connectivity index (χ0v) is 16.4. The standard InChI is InChI=1S/C17H19N7O4S/c1-29(27,28)24-6-4-23(5-7-24)13-3-2-11(8-18-13)22-16(25)12-9-19-15-14(12)17(26)21-10-20-15/h2-3,8-10H,4-7H2,1H3,(H,22,25)(H2,19,20,21,26). The zero-order valence-electron chi connectivity index (χ0n) is 15.5. The molecule has 1 amide bonds. The van der Waals surface area contributed by atoms with Gasteiger partial charge in [0.25, 0.3) is 11.5 Å². The fourth-order valence-electron chi connectivity index (χ4n) is 3.25. The molecule has 152 valence electrons. The minimum atomic E-state index is -3.18. The molecule has 12 heteroatoms. The van der Waals surface area contributed by atoms with E-state index in [0.717, 1.165) is 0 Å². The van der Waals surface area contributed by atoms with E-state index in [9.17, 15) is 18.0 Å². The van der Waals surface area contributed by atoms with Crippen LogP contribution in [0.1, 0.15) is 10.4 Å². The molecular formula is C17H19N7O4S. The van der Waals surface area contributed by atoms with Gasteiger partial charge >= 0.3 is 0 Å². The maximum absolute atomic E-state index is 12.5. The molecule has 0 unspecified atom stereocenters. The van der Waals surface area contributed by atoms with Gasteiger partial charge in [-0.2, -0.15) is 4.31 Å². The van der Waals surface area contributed by atoms with Crippen LogP contribution in [0.15, 0.2) is 35.6 Å². The number of aromatic nitrogens is 4. The van der Waals surface area contributed by atoms with Crippen molar-refractivity contribution in [3.63, 3.8) is 0 Å². The number of fused-ring (bicyclic) bond motifs is 1. The summed E-state index contributed by atoms with van der Waals surface area (Å²) in [5.74, 6) is 0.245. The Morgan fingerprint density at radius 3 is 2.55 bits per heavy atom. The van der Waals surface area contributed by atoms with Crippen LogP contribution in [0.4, 0.5) is 11.5 Å². The molecule has 1 aliphatic heterocycles. The number of H-pyrrole nitrogens is 2. The maximum Gasteiger partial charge on any atom is 0.261 e. The number of anilines is 2. The van der Waals surface area contributed by atoms with E-state index in [1.807, 2.05) is 4.90 Å². The average molecular weight is 417 g/mol. The summed E-state index contributed by atoms with van der Waals surface area (Å²) in [5.41, 5.74) is 0.599. The van der Waals surface area contributed by atoms with Crippen LogP contribution >= 0.6 is 0 Å². The predicted octanol–water partition coefficient (Wildman–Crippen LogP) is -0.0199. The summed E-state index contributed by atoms with van der Waals surface area (Å²) in [6.45, 7) is 1.89. The Morgan fingerprint density at radius 1 is 1.14 bits per heavy atom. The molecule has 29 heavy (non-hydrogen) atoms. The molecule has 0 aromatic carbocycles. The van der Waals surface area contributed by atoms with Crippen molar-refractivity contribution in [2.45, 2.75) is 0 Å². The van der Waals surface area contributed by atoms with Crippen molar-refractivity contribution in [2.75, 3.05) is 42.7 Å². The Labute approximate surface area is 165 Å². The Hall–Kier alpha value is -3.25. The van der Waals surface area contributed by atoms with E-state index in [-0.39, 0.29) is 10.9 Å². The number of hydrogen-bond donors (Lipinski definition) is 3. The minimum Gasteiger partial charge on any atom is -0.354 e. The molecule has 4 heterocycles. The van der Waals surface area contributed by atoms with E-state index >= 15 is 0 Å². The monoisotopic (exact) mass is 417 g/mol. The number of carbonyl (C=O) groups excluding carboxylic acids is 1. The smallest absolute Gasteiger partial charge is 0.261 e. The van der Waals surface area contributed by atoms with Gasteiger partial charge in [0.2, 0.25) is 10.0 Å². The van der Waals surface area contributed by atoms with Crippen LogP contribution in [-0.2, 0) is 10.0 Å². The average Bonchev–Trinajstić information content (AvgIpc) is 3.14. The van der Waals surface area contributed by atoms with E-state index in [0.29, 0.717) is 43.3 Å². The van der Waals surface area contributed by atoms with Crippen LogP contribution in [0.5, 0.6) is 0 Å². The second-order valence-corrected chi connectivity index (χ2v) is 8.65. The summed E-state index contributed by atoms with van der Waals surface area (Å²) in [5, 5.41) is 2.91. The third kappa shape index (κ3) is 3.84. The SMILES string of the molecule is CS(=O)(=O)N1CCN(c2ccc(NC(=O)c3c[nH]c4nc[nH]c(=O)c34)cn2)CC1. The van der Waals surface area contributed by atoms with Gasteiger partial charge in [0.1, 0.15) is 11.5 Å². The first-order chi connectivity index (χ1) is 13.8. The molecule has 4 rings (SSSR count). The number of piperazine rings is 1. The lowest BCUT2D eigenvalue weighted by Crippen LogP contribution is -2.48. The second-order valence-electron chi connectivity index (χ2n) is 6.67. The molecule has 0 saturated carbocycles. The molecule has 0 radical (unpaired) electrons. The highest BCUT2D eigenvalue weighted by atomic mass is 32.2. The van der Waals surface area contributed by atoms with Crippen molar-refractivity contribution >= 4 is 38.5 Å². The zero-order chi connectivity index (χ0) is 20.6.